The number of urea groups is 1. The van der Waals surface area contributed by atoms with Crippen LogP contribution in [-0.2, 0) is 11.3 Å². The number of nitrogens with zero attached hydrogens (tertiary/aromatic N) is 1. The van der Waals surface area contributed by atoms with Crippen LogP contribution in [0.25, 0.3) is 11.0 Å². The van der Waals surface area contributed by atoms with Gasteiger partial charge in [0.25, 0.3) is 0 Å². The van der Waals surface area contributed by atoms with Crippen molar-refractivity contribution >= 4 is 22.7 Å². The number of furan rings is 1. The molecule has 3 rings (SSSR count). The lowest BCUT2D eigenvalue weighted by Crippen LogP contribution is -2.37. The number of carbonyl (C=O) groups is 1. The molecule has 0 aliphatic rings. The van der Waals surface area contributed by atoms with Crippen molar-refractivity contribution in [2.45, 2.75) is 26.5 Å². The molecule has 1 unspecified atom stereocenters. The van der Waals surface area contributed by atoms with Crippen molar-refractivity contribution in [1.29, 1.82) is 0 Å². The molecule has 0 spiro atoms. The first-order valence-corrected chi connectivity index (χ1v) is 8.87. The van der Waals surface area contributed by atoms with E-state index in [2.05, 4.69) is 5.32 Å². The Morgan fingerprint density at radius 1 is 1.26 bits per heavy atom. The molecule has 0 saturated heterocycles. The maximum absolute atomic E-state index is 13.5. The molecule has 2 aromatic carbocycles. The minimum absolute atomic E-state index is 0.207. The number of halogens is 1. The number of nitrogens with one attached hydrogen (secondary N) is 1. The molecule has 1 N–H and O–H groups in total. The minimum Gasteiger partial charge on any atom is -0.459 e. The average molecular weight is 370 g/mol. The van der Waals surface area contributed by atoms with Crippen molar-refractivity contribution in [1.82, 2.24) is 4.90 Å². The lowest BCUT2D eigenvalue weighted by molar-refractivity contribution is 0.183. The average Bonchev–Trinajstić information content (AvgIpc) is 3.09. The predicted octanol–water partition coefficient (Wildman–Crippen LogP) is 5.33. The maximum Gasteiger partial charge on any atom is 0.322 e. The highest BCUT2D eigenvalue weighted by Crippen LogP contribution is 2.28. The van der Waals surface area contributed by atoms with E-state index in [9.17, 15) is 9.18 Å². The monoisotopic (exact) mass is 370 g/mol. The van der Waals surface area contributed by atoms with Crippen LogP contribution < -0.4 is 5.32 Å². The number of ether oxygens (including phenoxy) is 1. The van der Waals surface area contributed by atoms with Crippen LogP contribution in [0.4, 0.5) is 14.9 Å². The summed E-state index contributed by atoms with van der Waals surface area (Å²) in [5.41, 5.74) is 1.90. The summed E-state index contributed by atoms with van der Waals surface area (Å²) in [4.78, 5) is 14.5. The summed E-state index contributed by atoms with van der Waals surface area (Å²) in [6.07, 6.45) is 0. The number of carbonyl (C=O) groups excluding carboxylic acids is 1. The van der Waals surface area contributed by atoms with E-state index >= 15 is 0 Å². The third-order valence-corrected chi connectivity index (χ3v) is 4.53. The quantitative estimate of drug-likeness (QED) is 0.638. The van der Waals surface area contributed by atoms with Gasteiger partial charge >= 0.3 is 6.03 Å². The van der Waals surface area contributed by atoms with E-state index in [1.54, 1.807) is 11.0 Å². The fourth-order valence-electron chi connectivity index (χ4n) is 3.10. The minimum atomic E-state index is -0.372. The Balaban J connectivity index is 1.81. The van der Waals surface area contributed by atoms with E-state index in [4.69, 9.17) is 9.15 Å². The molecule has 0 radical (unpaired) electrons. The number of hydrogen-bond donors (Lipinski definition) is 1. The molecule has 1 atom stereocenters. The molecule has 0 fully saturated rings. The lowest BCUT2D eigenvalue weighted by atomic mass is 10.1. The van der Waals surface area contributed by atoms with Crippen LogP contribution >= 0.6 is 0 Å². The summed E-state index contributed by atoms with van der Waals surface area (Å²) in [6, 6.07) is 13.4. The highest BCUT2D eigenvalue weighted by Gasteiger charge is 2.23. The van der Waals surface area contributed by atoms with Crippen molar-refractivity contribution in [3.05, 3.63) is 65.7 Å². The third-order valence-electron chi connectivity index (χ3n) is 4.53. The Hall–Kier alpha value is -2.86. The van der Waals surface area contributed by atoms with E-state index in [1.165, 1.54) is 19.2 Å². The topological polar surface area (TPSA) is 54.7 Å². The number of anilines is 1. The summed E-state index contributed by atoms with van der Waals surface area (Å²) >= 11 is 0. The van der Waals surface area contributed by atoms with Crippen molar-refractivity contribution in [3.8, 4) is 0 Å². The Morgan fingerprint density at radius 2 is 2.04 bits per heavy atom. The first-order chi connectivity index (χ1) is 13.0. The smallest absolute Gasteiger partial charge is 0.322 e. The first-order valence-electron chi connectivity index (χ1n) is 8.87. The van der Waals surface area contributed by atoms with Crippen LogP contribution in [0.2, 0.25) is 0 Å². The van der Waals surface area contributed by atoms with Crippen LogP contribution in [0.5, 0.6) is 0 Å². The second-order valence-electron chi connectivity index (χ2n) is 6.31. The third kappa shape index (κ3) is 4.11. The van der Waals surface area contributed by atoms with Crippen LogP contribution in [0.15, 0.2) is 52.9 Å². The van der Waals surface area contributed by atoms with Gasteiger partial charge in [-0.05, 0) is 44.2 Å². The van der Waals surface area contributed by atoms with Gasteiger partial charge < -0.3 is 19.4 Å². The van der Waals surface area contributed by atoms with E-state index in [-0.39, 0.29) is 24.5 Å². The molecule has 0 aliphatic heterocycles. The molecule has 1 heterocycles. The van der Waals surface area contributed by atoms with Crippen LogP contribution in [-0.4, -0.2) is 24.6 Å². The number of amides is 2. The first kappa shape index (κ1) is 18.9. The molecule has 5 nitrogen and oxygen atoms in total. The Kier molecular flexibility index (Phi) is 5.76. The van der Waals surface area contributed by atoms with E-state index in [0.29, 0.717) is 23.6 Å². The van der Waals surface area contributed by atoms with Crippen molar-refractivity contribution in [2.24, 2.45) is 0 Å². The molecule has 0 saturated carbocycles. The van der Waals surface area contributed by atoms with Crippen molar-refractivity contribution in [3.63, 3.8) is 0 Å². The Morgan fingerprint density at radius 3 is 2.74 bits per heavy atom. The molecule has 6 heteroatoms. The fraction of sp³-hybridized carbons (Fsp3) is 0.286. The molecule has 0 bridgehead atoms. The van der Waals surface area contributed by atoms with Gasteiger partial charge in [0.05, 0.1) is 12.6 Å². The van der Waals surface area contributed by atoms with Gasteiger partial charge in [-0.3, -0.25) is 0 Å². The molecule has 27 heavy (non-hydrogen) atoms. The highest BCUT2D eigenvalue weighted by molar-refractivity contribution is 5.90. The molecular formula is C21H23FN2O3. The Labute approximate surface area is 157 Å². The van der Waals surface area contributed by atoms with Crippen molar-refractivity contribution in [2.75, 3.05) is 19.0 Å². The normalized spacial score (nSPS) is 12.1. The number of benzene rings is 2. The second-order valence-corrected chi connectivity index (χ2v) is 6.31. The van der Waals surface area contributed by atoms with Crippen LogP contribution in [0.3, 0.4) is 0 Å². The zero-order valence-electron chi connectivity index (χ0n) is 15.7. The van der Waals surface area contributed by atoms with Gasteiger partial charge in [-0.1, -0.05) is 18.2 Å². The Bertz CT molecular complexity index is 905. The summed E-state index contributed by atoms with van der Waals surface area (Å²) in [6.45, 7) is 4.52. The summed E-state index contributed by atoms with van der Waals surface area (Å²) in [7, 11) is 1.53. The molecule has 0 aliphatic carbocycles. The van der Waals surface area contributed by atoms with Gasteiger partial charge in [0, 0.05) is 30.3 Å². The zero-order valence-corrected chi connectivity index (χ0v) is 15.7. The molecule has 1 aromatic heterocycles. The SMILES string of the molecule is CCN(C(=O)Nc1ccc(F)cc1COC)C(C)c1cc2ccccc2o1. The van der Waals surface area contributed by atoms with Gasteiger partial charge in [-0.15, -0.1) is 0 Å². The summed E-state index contributed by atoms with van der Waals surface area (Å²) in [5.74, 6) is 0.340. The van der Waals surface area contributed by atoms with E-state index in [0.717, 1.165) is 11.0 Å². The fourth-order valence-corrected chi connectivity index (χ4v) is 3.10. The standard InChI is InChI=1S/C21H23FN2O3/c1-4-24(14(2)20-12-15-7-5-6-8-19(15)27-20)21(25)23-18-10-9-17(22)11-16(18)13-26-3/h5-12,14H,4,13H2,1-3H3,(H,23,25). The van der Waals surface area contributed by atoms with E-state index in [1.807, 2.05) is 44.2 Å². The lowest BCUT2D eigenvalue weighted by Gasteiger charge is -2.27. The molecule has 2 amide bonds. The number of methoxy groups -OCH3 is 1. The van der Waals surface area contributed by atoms with Gasteiger partial charge in [0.1, 0.15) is 17.2 Å². The summed E-state index contributed by atoms with van der Waals surface area (Å²) < 4.78 is 24.5. The number of rotatable bonds is 6. The molecule has 142 valence electrons. The molecule has 3 aromatic rings. The summed E-state index contributed by atoms with van der Waals surface area (Å²) in [5, 5.41) is 3.85. The molecular weight excluding hydrogens is 347 g/mol. The number of fused-ring (bicyclic) bond motifs is 1. The van der Waals surface area contributed by atoms with Gasteiger partial charge in [-0.2, -0.15) is 0 Å². The van der Waals surface area contributed by atoms with Crippen molar-refractivity contribution < 1.29 is 18.3 Å². The maximum atomic E-state index is 13.5. The number of hydrogen-bond acceptors (Lipinski definition) is 3. The van der Waals surface area contributed by atoms with E-state index < -0.39 is 0 Å². The largest absolute Gasteiger partial charge is 0.459 e. The predicted molar refractivity (Wildman–Crippen MR) is 103 cm³/mol. The van der Waals surface area contributed by atoms with Crippen LogP contribution in [0, 0.1) is 5.82 Å². The second kappa shape index (κ2) is 8.22. The van der Waals surface area contributed by atoms with Gasteiger partial charge in [0.15, 0.2) is 0 Å². The zero-order chi connectivity index (χ0) is 19.4. The number of para-hydroxylation sites is 1. The van der Waals surface area contributed by atoms with Gasteiger partial charge in [-0.25, -0.2) is 9.18 Å². The van der Waals surface area contributed by atoms with Gasteiger partial charge in [0.2, 0.25) is 0 Å². The highest BCUT2D eigenvalue weighted by atomic mass is 19.1. The van der Waals surface area contributed by atoms with Crippen LogP contribution in [0.1, 0.15) is 31.2 Å².